The van der Waals surface area contributed by atoms with Gasteiger partial charge < -0.3 is 25.1 Å². The summed E-state index contributed by atoms with van der Waals surface area (Å²) in [5, 5.41) is 0.558. The third-order valence-corrected chi connectivity index (χ3v) is 7.75. The zero-order valence-corrected chi connectivity index (χ0v) is 19.9. The van der Waals surface area contributed by atoms with Crippen molar-refractivity contribution in [2.75, 3.05) is 31.9 Å². The highest BCUT2D eigenvalue weighted by molar-refractivity contribution is 7.89. The first kappa shape index (κ1) is 23.8. The fourth-order valence-corrected chi connectivity index (χ4v) is 5.79. The molecule has 1 unspecified atom stereocenters. The molecule has 0 radical (unpaired) electrons. The number of hydrogen-bond donors (Lipinski definition) is 3. The van der Waals surface area contributed by atoms with Crippen LogP contribution in [0.1, 0.15) is 19.8 Å². The summed E-state index contributed by atoms with van der Waals surface area (Å²) >= 11 is 0. The number of H-pyrrole nitrogens is 1. The number of nitrogens with one attached hydrogen (secondary N) is 2. The van der Waals surface area contributed by atoms with Gasteiger partial charge in [-0.15, -0.1) is 0 Å². The first-order valence-corrected chi connectivity index (χ1v) is 12.8. The molecule has 182 valence electrons. The lowest BCUT2D eigenvalue weighted by molar-refractivity contribution is -0.134. The summed E-state index contributed by atoms with van der Waals surface area (Å²) in [5.41, 5.74) is 6.66. The Labute approximate surface area is 198 Å². The molecule has 4 rings (SSSR count). The van der Waals surface area contributed by atoms with Crippen molar-refractivity contribution in [1.82, 2.24) is 24.1 Å². The summed E-state index contributed by atoms with van der Waals surface area (Å²) in [6, 6.07) is 9.25. The number of nitrogens with zero attached hydrogens (tertiary/aromatic N) is 3. The number of benzene rings is 1. The van der Waals surface area contributed by atoms with Gasteiger partial charge in [0.25, 0.3) is 0 Å². The van der Waals surface area contributed by atoms with Crippen LogP contribution in [0.4, 0.5) is 5.82 Å². The van der Waals surface area contributed by atoms with E-state index in [2.05, 4.69) is 9.71 Å². The van der Waals surface area contributed by atoms with Crippen molar-refractivity contribution in [3.8, 4) is 0 Å². The Bertz CT molecular complexity index is 1280. The number of fused-ring (bicyclic) bond motifs is 1. The molecule has 0 saturated carbocycles. The van der Waals surface area contributed by atoms with Gasteiger partial charge in [-0.25, -0.2) is 8.42 Å². The lowest BCUT2D eigenvalue weighted by Crippen LogP contribution is -2.50. The number of aromatic amines is 1. The smallest absolute Gasteiger partial charge is 0.241 e. The Morgan fingerprint density at radius 1 is 1.09 bits per heavy atom. The van der Waals surface area contributed by atoms with E-state index in [0.717, 1.165) is 0 Å². The summed E-state index contributed by atoms with van der Waals surface area (Å²) in [6.07, 6.45) is 4.34. The Kier molecular flexibility index (Phi) is 6.94. The SMILES string of the molecule is CC(=O)N1CCCN(C(=O)C(CCn2cccc2N)NS(=O)(=O)c2cccc3[nH]ccc23)CC1. The number of aryl methyl sites for hydroxylation is 1. The number of nitrogens with two attached hydrogens (primary N) is 1. The molecular weight excluding hydrogens is 456 g/mol. The van der Waals surface area contributed by atoms with Gasteiger partial charge in [-0.05, 0) is 43.2 Å². The molecule has 2 amide bonds. The maximum Gasteiger partial charge on any atom is 0.241 e. The highest BCUT2D eigenvalue weighted by Gasteiger charge is 2.31. The minimum absolute atomic E-state index is 0.0331. The zero-order valence-electron chi connectivity index (χ0n) is 19.1. The lowest BCUT2D eigenvalue weighted by Gasteiger charge is -2.27. The Balaban J connectivity index is 1.58. The molecule has 3 aromatic rings. The average molecular weight is 487 g/mol. The standard InChI is InChI=1S/C23H30N6O4S/c1-17(30)27-12-4-13-29(16-15-27)23(31)20(9-14-28-11-3-7-22(28)24)26-34(32,33)21-6-2-5-19-18(21)8-10-25-19/h2-3,5-8,10-11,20,25-26H,4,9,12-16,24H2,1H3. The number of carbonyl (C=O) groups is 2. The number of anilines is 1. The maximum absolute atomic E-state index is 13.5. The number of rotatable bonds is 7. The molecule has 3 heterocycles. The summed E-state index contributed by atoms with van der Waals surface area (Å²) in [5.74, 6) is 0.202. The van der Waals surface area contributed by atoms with Crippen LogP contribution in [0, 0.1) is 0 Å². The predicted octanol–water partition coefficient (Wildman–Crippen LogP) is 1.37. The summed E-state index contributed by atoms with van der Waals surface area (Å²) in [4.78, 5) is 31.8. The van der Waals surface area contributed by atoms with Crippen LogP contribution < -0.4 is 10.5 Å². The molecule has 10 nitrogen and oxygen atoms in total. The number of hydrogen-bond acceptors (Lipinski definition) is 5. The van der Waals surface area contributed by atoms with Crippen molar-refractivity contribution in [1.29, 1.82) is 0 Å². The summed E-state index contributed by atoms with van der Waals surface area (Å²) in [7, 11) is -4.00. The van der Waals surface area contributed by atoms with Crippen LogP contribution in [0.25, 0.3) is 10.9 Å². The van der Waals surface area contributed by atoms with E-state index in [1.54, 1.807) is 57.1 Å². The minimum atomic E-state index is -4.00. The first-order chi connectivity index (χ1) is 16.3. The lowest BCUT2D eigenvalue weighted by atomic mass is 10.2. The van der Waals surface area contributed by atoms with Crippen LogP contribution in [-0.2, 0) is 26.2 Å². The number of sulfonamides is 1. The second-order valence-corrected chi connectivity index (χ2v) is 10.2. The second-order valence-electron chi connectivity index (χ2n) is 8.47. The molecule has 1 fully saturated rings. The van der Waals surface area contributed by atoms with Gasteiger partial charge >= 0.3 is 0 Å². The van der Waals surface area contributed by atoms with Gasteiger partial charge in [-0.2, -0.15) is 4.72 Å². The van der Waals surface area contributed by atoms with Gasteiger partial charge in [0.15, 0.2) is 0 Å². The number of carbonyl (C=O) groups excluding carboxylic acids is 2. The summed E-state index contributed by atoms with van der Waals surface area (Å²) in [6.45, 7) is 3.70. The number of nitrogen functional groups attached to an aromatic ring is 1. The van der Waals surface area contributed by atoms with E-state index in [-0.39, 0.29) is 23.1 Å². The third-order valence-electron chi connectivity index (χ3n) is 6.22. The van der Waals surface area contributed by atoms with Crippen LogP contribution >= 0.6 is 0 Å². The van der Waals surface area contributed by atoms with Crippen molar-refractivity contribution in [3.63, 3.8) is 0 Å². The predicted molar refractivity (Wildman–Crippen MR) is 129 cm³/mol. The first-order valence-electron chi connectivity index (χ1n) is 11.3. The van der Waals surface area contributed by atoms with Crippen molar-refractivity contribution in [3.05, 3.63) is 48.8 Å². The van der Waals surface area contributed by atoms with Crippen molar-refractivity contribution in [2.24, 2.45) is 0 Å². The van der Waals surface area contributed by atoms with E-state index in [1.807, 2.05) is 0 Å². The molecule has 34 heavy (non-hydrogen) atoms. The van der Waals surface area contributed by atoms with Crippen LogP contribution in [0.15, 0.2) is 53.7 Å². The molecule has 11 heteroatoms. The topological polar surface area (TPSA) is 134 Å². The number of aromatic nitrogens is 2. The molecule has 0 bridgehead atoms. The normalized spacial score (nSPS) is 15.9. The molecule has 1 atom stereocenters. The molecule has 1 aliphatic rings. The monoisotopic (exact) mass is 486 g/mol. The molecule has 0 spiro atoms. The average Bonchev–Trinajstić information content (AvgIpc) is 3.37. The van der Waals surface area contributed by atoms with Crippen molar-refractivity contribution >= 4 is 38.6 Å². The molecular formula is C23H30N6O4S. The van der Waals surface area contributed by atoms with Crippen molar-refractivity contribution in [2.45, 2.75) is 37.2 Å². The fraction of sp³-hybridized carbons (Fsp3) is 0.391. The van der Waals surface area contributed by atoms with Gasteiger partial charge in [-0.3, -0.25) is 9.59 Å². The van der Waals surface area contributed by atoms with Crippen LogP contribution in [-0.4, -0.2) is 71.8 Å². The van der Waals surface area contributed by atoms with Crippen LogP contribution in [0.3, 0.4) is 0 Å². The molecule has 4 N–H and O–H groups in total. The fourth-order valence-electron chi connectivity index (χ4n) is 4.35. The molecule has 0 aliphatic carbocycles. The van der Waals surface area contributed by atoms with E-state index < -0.39 is 16.1 Å². The van der Waals surface area contributed by atoms with Crippen molar-refractivity contribution < 1.29 is 18.0 Å². The molecule has 1 aromatic carbocycles. The van der Waals surface area contributed by atoms with Gasteiger partial charge in [0.05, 0.1) is 4.90 Å². The second kappa shape index (κ2) is 9.90. The van der Waals surface area contributed by atoms with Gasteiger partial charge in [0.1, 0.15) is 11.9 Å². The molecule has 1 saturated heterocycles. The van der Waals surface area contributed by atoms with Crippen LogP contribution in [0.5, 0.6) is 0 Å². The maximum atomic E-state index is 13.5. The molecule has 1 aliphatic heterocycles. The summed E-state index contributed by atoms with van der Waals surface area (Å²) < 4.78 is 31.2. The number of amides is 2. The quantitative estimate of drug-likeness (QED) is 0.464. The van der Waals surface area contributed by atoms with Gasteiger partial charge in [0, 0.05) is 62.9 Å². The Morgan fingerprint density at radius 2 is 1.85 bits per heavy atom. The van der Waals surface area contributed by atoms with Gasteiger partial charge in [0.2, 0.25) is 21.8 Å². The van der Waals surface area contributed by atoms with E-state index in [9.17, 15) is 18.0 Å². The largest absolute Gasteiger partial charge is 0.385 e. The van der Waals surface area contributed by atoms with Gasteiger partial charge in [-0.1, -0.05) is 6.07 Å². The van der Waals surface area contributed by atoms with E-state index >= 15 is 0 Å². The highest BCUT2D eigenvalue weighted by Crippen LogP contribution is 2.23. The van der Waals surface area contributed by atoms with E-state index in [4.69, 9.17) is 5.73 Å². The highest BCUT2D eigenvalue weighted by atomic mass is 32.2. The van der Waals surface area contributed by atoms with E-state index in [1.165, 1.54) is 13.0 Å². The third kappa shape index (κ3) is 5.10. The Hall–Kier alpha value is -3.31. The zero-order chi connectivity index (χ0) is 24.3. The molecule has 2 aromatic heterocycles. The Morgan fingerprint density at radius 3 is 2.59 bits per heavy atom. The van der Waals surface area contributed by atoms with E-state index in [0.29, 0.717) is 55.9 Å². The minimum Gasteiger partial charge on any atom is -0.385 e. The van der Waals surface area contributed by atoms with Crippen LogP contribution in [0.2, 0.25) is 0 Å².